The van der Waals surface area contributed by atoms with Crippen LogP contribution in [0.1, 0.15) is 31.4 Å². The van der Waals surface area contributed by atoms with Gasteiger partial charge in [0.05, 0.1) is 0 Å². The fourth-order valence-corrected chi connectivity index (χ4v) is 1.76. The van der Waals surface area contributed by atoms with Gasteiger partial charge < -0.3 is 5.32 Å². The standard InChI is InChI=1S/C13H18BrNO/c1-10(2)7-13(16)15-9-12-5-3-11(8-14)4-6-12/h3-6,10H,7-9H2,1-2H3,(H,15,16). The lowest BCUT2D eigenvalue weighted by Crippen LogP contribution is -2.23. The van der Waals surface area contributed by atoms with E-state index in [0.29, 0.717) is 18.9 Å². The van der Waals surface area contributed by atoms with Crippen LogP contribution in [0.4, 0.5) is 0 Å². The minimum Gasteiger partial charge on any atom is -0.352 e. The Labute approximate surface area is 106 Å². The molecule has 0 saturated heterocycles. The van der Waals surface area contributed by atoms with Gasteiger partial charge >= 0.3 is 0 Å². The van der Waals surface area contributed by atoms with E-state index < -0.39 is 0 Å². The van der Waals surface area contributed by atoms with Gasteiger partial charge in [0.2, 0.25) is 5.91 Å². The van der Waals surface area contributed by atoms with E-state index in [9.17, 15) is 4.79 Å². The zero-order valence-corrected chi connectivity index (χ0v) is 11.4. The molecule has 0 radical (unpaired) electrons. The van der Waals surface area contributed by atoms with Gasteiger partial charge in [0.25, 0.3) is 0 Å². The van der Waals surface area contributed by atoms with Crippen LogP contribution in [0.3, 0.4) is 0 Å². The Morgan fingerprint density at radius 2 is 1.81 bits per heavy atom. The lowest BCUT2D eigenvalue weighted by molar-refractivity contribution is -0.121. The maximum absolute atomic E-state index is 11.4. The normalized spacial score (nSPS) is 10.5. The van der Waals surface area contributed by atoms with Gasteiger partial charge in [0.1, 0.15) is 0 Å². The van der Waals surface area contributed by atoms with Crippen molar-refractivity contribution in [3.63, 3.8) is 0 Å². The van der Waals surface area contributed by atoms with E-state index in [0.717, 1.165) is 10.9 Å². The lowest BCUT2D eigenvalue weighted by atomic mass is 10.1. The first-order valence-corrected chi connectivity index (χ1v) is 6.64. The predicted molar refractivity (Wildman–Crippen MR) is 70.4 cm³/mol. The Balaban J connectivity index is 2.39. The molecule has 0 aromatic heterocycles. The molecule has 0 atom stereocenters. The predicted octanol–water partition coefficient (Wildman–Crippen LogP) is 3.24. The molecule has 0 fully saturated rings. The maximum Gasteiger partial charge on any atom is 0.220 e. The number of hydrogen-bond acceptors (Lipinski definition) is 1. The molecular formula is C13H18BrNO. The minimum atomic E-state index is 0.125. The molecule has 0 spiro atoms. The van der Waals surface area contributed by atoms with Crippen LogP contribution in [-0.2, 0) is 16.7 Å². The summed E-state index contributed by atoms with van der Waals surface area (Å²) in [5.41, 5.74) is 2.39. The van der Waals surface area contributed by atoms with Crippen molar-refractivity contribution in [2.75, 3.05) is 0 Å². The molecule has 0 saturated carbocycles. The van der Waals surface area contributed by atoms with E-state index in [-0.39, 0.29) is 5.91 Å². The molecule has 0 aliphatic carbocycles. The number of amides is 1. The molecule has 0 aliphatic heterocycles. The Morgan fingerprint density at radius 3 is 2.31 bits per heavy atom. The molecular weight excluding hydrogens is 266 g/mol. The summed E-state index contributed by atoms with van der Waals surface area (Å²) in [6, 6.07) is 8.23. The van der Waals surface area contributed by atoms with Gasteiger partial charge in [-0.25, -0.2) is 0 Å². The second-order valence-electron chi connectivity index (χ2n) is 4.32. The second kappa shape index (κ2) is 6.69. The first-order chi connectivity index (χ1) is 7.61. The molecule has 1 aromatic rings. The molecule has 1 rings (SSSR count). The molecule has 1 amide bonds. The number of rotatable bonds is 5. The summed E-state index contributed by atoms with van der Waals surface area (Å²) >= 11 is 3.40. The third-order valence-electron chi connectivity index (χ3n) is 2.26. The highest BCUT2D eigenvalue weighted by Gasteiger charge is 2.03. The fourth-order valence-electron chi connectivity index (χ4n) is 1.39. The highest BCUT2D eigenvalue weighted by molar-refractivity contribution is 9.08. The quantitative estimate of drug-likeness (QED) is 0.826. The monoisotopic (exact) mass is 283 g/mol. The first kappa shape index (κ1) is 13.2. The van der Waals surface area contributed by atoms with Crippen molar-refractivity contribution < 1.29 is 4.79 Å². The van der Waals surface area contributed by atoms with Gasteiger partial charge in [-0.05, 0) is 17.0 Å². The summed E-state index contributed by atoms with van der Waals surface area (Å²) in [6.07, 6.45) is 0.597. The van der Waals surface area contributed by atoms with Crippen LogP contribution in [0.2, 0.25) is 0 Å². The Kier molecular flexibility index (Phi) is 5.53. The summed E-state index contributed by atoms with van der Waals surface area (Å²) < 4.78 is 0. The number of nitrogens with one attached hydrogen (secondary N) is 1. The third kappa shape index (κ3) is 4.79. The first-order valence-electron chi connectivity index (χ1n) is 5.52. The van der Waals surface area contributed by atoms with Crippen LogP contribution in [0.15, 0.2) is 24.3 Å². The molecule has 2 nitrogen and oxygen atoms in total. The van der Waals surface area contributed by atoms with Crippen LogP contribution in [-0.4, -0.2) is 5.91 Å². The Bertz CT molecular complexity index is 332. The van der Waals surface area contributed by atoms with E-state index in [1.807, 2.05) is 26.0 Å². The van der Waals surface area contributed by atoms with Crippen molar-refractivity contribution in [3.8, 4) is 0 Å². The van der Waals surface area contributed by atoms with Gasteiger partial charge in [-0.2, -0.15) is 0 Å². The van der Waals surface area contributed by atoms with Crippen molar-refractivity contribution in [1.29, 1.82) is 0 Å². The molecule has 16 heavy (non-hydrogen) atoms. The van der Waals surface area contributed by atoms with Crippen LogP contribution in [0.25, 0.3) is 0 Å². The van der Waals surface area contributed by atoms with Gasteiger partial charge in [-0.3, -0.25) is 4.79 Å². The summed E-state index contributed by atoms with van der Waals surface area (Å²) in [5.74, 6) is 0.537. The molecule has 88 valence electrons. The van der Waals surface area contributed by atoms with Crippen molar-refractivity contribution in [2.24, 2.45) is 5.92 Å². The van der Waals surface area contributed by atoms with Gasteiger partial charge in [0, 0.05) is 18.3 Å². The summed E-state index contributed by atoms with van der Waals surface area (Å²) in [4.78, 5) is 11.4. The SMILES string of the molecule is CC(C)CC(=O)NCc1ccc(CBr)cc1. The molecule has 0 unspecified atom stereocenters. The molecule has 1 N–H and O–H groups in total. The smallest absolute Gasteiger partial charge is 0.220 e. The van der Waals surface area contributed by atoms with Crippen molar-refractivity contribution >= 4 is 21.8 Å². The highest BCUT2D eigenvalue weighted by atomic mass is 79.9. The molecule has 3 heteroatoms. The van der Waals surface area contributed by atoms with E-state index in [1.54, 1.807) is 0 Å². The van der Waals surface area contributed by atoms with Crippen LogP contribution < -0.4 is 5.32 Å². The number of carbonyl (C=O) groups is 1. The number of hydrogen-bond donors (Lipinski definition) is 1. The van der Waals surface area contributed by atoms with E-state index in [2.05, 4.69) is 33.4 Å². The lowest BCUT2D eigenvalue weighted by Gasteiger charge is -2.07. The molecule has 0 bridgehead atoms. The van der Waals surface area contributed by atoms with Crippen LogP contribution in [0, 0.1) is 5.92 Å². The summed E-state index contributed by atoms with van der Waals surface area (Å²) in [6.45, 7) is 4.71. The van der Waals surface area contributed by atoms with Crippen molar-refractivity contribution in [1.82, 2.24) is 5.32 Å². The van der Waals surface area contributed by atoms with Crippen LogP contribution >= 0.6 is 15.9 Å². The average molecular weight is 284 g/mol. The highest BCUT2D eigenvalue weighted by Crippen LogP contribution is 2.08. The molecule has 1 aromatic carbocycles. The largest absolute Gasteiger partial charge is 0.352 e. The third-order valence-corrected chi connectivity index (χ3v) is 2.91. The number of halogens is 1. The van der Waals surface area contributed by atoms with E-state index in [1.165, 1.54) is 5.56 Å². The minimum absolute atomic E-state index is 0.125. The maximum atomic E-state index is 11.4. The molecule has 0 heterocycles. The number of carbonyl (C=O) groups excluding carboxylic acids is 1. The topological polar surface area (TPSA) is 29.1 Å². The van der Waals surface area contributed by atoms with E-state index in [4.69, 9.17) is 0 Å². The fraction of sp³-hybridized carbons (Fsp3) is 0.462. The van der Waals surface area contributed by atoms with Gasteiger partial charge in [-0.1, -0.05) is 54.0 Å². The average Bonchev–Trinajstić information content (AvgIpc) is 2.26. The zero-order valence-electron chi connectivity index (χ0n) is 9.79. The molecule has 0 aliphatic rings. The number of alkyl halides is 1. The Morgan fingerprint density at radius 1 is 1.25 bits per heavy atom. The zero-order chi connectivity index (χ0) is 12.0. The summed E-state index contributed by atoms with van der Waals surface area (Å²) in [7, 11) is 0. The second-order valence-corrected chi connectivity index (χ2v) is 4.89. The van der Waals surface area contributed by atoms with Gasteiger partial charge in [0.15, 0.2) is 0 Å². The summed E-state index contributed by atoms with van der Waals surface area (Å²) in [5, 5.41) is 3.79. The van der Waals surface area contributed by atoms with E-state index >= 15 is 0 Å². The van der Waals surface area contributed by atoms with Crippen LogP contribution in [0.5, 0.6) is 0 Å². The van der Waals surface area contributed by atoms with Crippen molar-refractivity contribution in [3.05, 3.63) is 35.4 Å². The van der Waals surface area contributed by atoms with Gasteiger partial charge in [-0.15, -0.1) is 0 Å². The Hall–Kier alpha value is -0.830. The van der Waals surface area contributed by atoms with Crippen molar-refractivity contribution in [2.45, 2.75) is 32.1 Å². The number of benzene rings is 1.